The summed E-state index contributed by atoms with van der Waals surface area (Å²) in [4.78, 5) is 3.95. The monoisotopic (exact) mass is 201 g/mol. The van der Waals surface area contributed by atoms with Gasteiger partial charge in [-0.3, -0.25) is 4.98 Å². The quantitative estimate of drug-likeness (QED) is 0.588. The Bertz CT molecular complexity index is 319. The lowest BCUT2D eigenvalue weighted by molar-refractivity contribution is 0.849. The van der Waals surface area contributed by atoms with Gasteiger partial charge in [-0.1, -0.05) is 23.2 Å². The van der Waals surface area contributed by atoms with Gasteiger partial charge in [-0.2, -0.15) is 5.26 Å². The first-order valence-corrected chi connectivity index (χ1v) is 3.92. The first-order chi connectivity index (χ1) is 5.75. The van der Waals surface area contributed by atoms with Gasteiger partial charge in [0.2, 0.25) is 0 Å². The normalized spacial score (nSPS) is 9.08. The molecule has 0 unspecified atom stereocenters. The molecule has 3 nitrogen and oxygen atoms in total. The molecule has 0 spiro atoms. The smallest absolute Gasteiger partial charge is 0.176 e. The van der Waals surface area contributed by atoms with Crippen molar-refractivity contribution in [1.82, 2.24) is 10.3 Å². The maximum absolute atomic E-state index is 8.22. The zero-order chi connectivity index (χ0) is 8.97. The van der Waals surface area contributed by atoms with E-state index >= 15 is 0 Å². The van der Waals surface area contributed by atoms with Crippen molar-refractivity contribution in [2.24, 2.45) is 0 Å². The molecule has 0 aliphatic carbocycles. The first-order valence-electron chi connectivity index (χ1n) is 3.16. The molecule has 1 aromatic heterocycles. The van der Waals surface area contributed by atoms with Crippen molar-refractivity contribution in [2.45, 2.75) is 6.54 Å². The van der Waals surface area contributed by atoms with E-state index in [0.29, 0.717) is 22.3 Å². The summed E-state index contributed by atoms with van der Waals surface area (Å²) in [5.41, 5.74) is 0.575. The molecule has 0 fully saturated rings. The van der Waals surface area contributed by atoms with Crippen LogP contribution in [0.25, 0.3) is 0 Å². The molecular formula is C7H5Cl2N3. The average molecular weight is 202 g/mol. The number of aromatic nitrogens is 1. The molecule has 0 atom stereocenters. The van der Waals surface area contributed by atoms with Gasteiger partial charge in [0.15, 0.2) is 6.19 Å². The van der Waals surface area contributed by atoms with Crippen molar-refractivity contribution in [3.05, 3.63) is 28.0 Å². The van der Waals surface area contributed by atoms with Crippen LogP contribution < -0.4 is 5.32 Å². The van der Waals surface area contributed by atoms with E-state index in [1.54, 1.807) is 18.5 Å². The molecule has 0 bridgehead atoms. The van der Waals surface area contributed by atoms with E-state index < -0.39 is 0 Å². The summed E-state index contributed by atoms with van der Waals surface area (Å²) in [5.74, 6) is 0. The molecule has 0 aromatic carbocycles. The van der Waals surface area contributed by atoms with E-state index in [4.69, 9.17) is 28.5 Å². The molecule has 1 heterocycles. The van der Waals surface area contributed by atoms with Crippen molar-refractivity contribution >= 4 is 23.2 Å². The van der Waals surface area contributed by atoms with E-state index in [9.17, 15) is 0 Å². The predicted octanol–water partition coefficient (Wildman–Crippen LogP) is 1.96. The van der Waals surface area contributed by atoms with Crippen molar-refractivity contribution in [1.29, 1.82) is 5.26 Å². The Morgan fingerprint density at radius 2 is 2.33 bits per heavy atom. The van der Waals surface area contributed by atoms with E-state index in [0.717, 1.165) is 0 Å². The minimum absolute atomic E-state index is 0.301. The maximum atomic E-state index is 8.22. The molecule has 0 radical (unpaired) electrons. The Labute approximate surface area is 79.9 Å². The van der Waals surface area contributed by atoms with Crippen LogP contribution >= 0.6 is 23.2 Å². The minimum atomic E-state index is 0.301. The third-order valence-electron chi connectivity index (χ3n) is 1.25. The third kappa shape index (κ3) is 2.00. The van der Waals surface area contributed by atoms with Crippen molar-refractivity contribution in [3.8, 4) is 6.19 Å². The molecule has 0 amide bonds. The summed E-state index contributed by atoms with van der Waals surface area (Å²) in [6.07, 6.45) is 3.32. The van der Waals surface area contributed by atoms with Gasteiger partial charge >= 0.3 is 0 Å². The minimum Gasteiger partial charge on any atom is -0.318 e. The van der Waals surface area contributed by atoms with Crippen LogP contribution in [0, 0.1) is 11.5 Å². The summed E-state index contributed by atoms with van der Waals surface area (Å²) in [6.45, 7) is 0.301. The Morgan fingerprint density at radius 1 is 1.58 bits per heavy atom. The molecule has 0 aliphatic rings. The van der Waals surface area contributed by atoms with Crippen molar-refractivity contribution < 1.29 is 0 Å². The molecular weight excluding hydrogens is 197 g/mol. The van der Waals surface area contributed by atoms with Gasteiger partial charge in [-0.05, 0) is 6.07 Å². The Kier molecular flexibility index (Phi) is 3.15. The molecule has 0 aliphatic heterocycles. The zero-order valence-electron chi connectivity index (χ0n) is 6.01. The predicted molar refractivity (Wildman–Crippen MR) is 46.7 cm³/mol. The number of rotatable bonds is 2. The average Bonchev–Trinajstić information content (AvgIpc) is 2.08. The summed E-state index contributed by atoms with van der Waals surface area (Å²) in [7, 11) is 0. The Morgan fingerprint density at radius 3 is 3.00 bits per heavy atom. The van der Waals surface area contributed by atoms with Gasteiger partial charge < -0.3 is 5.32 Å². The fraction of sp³-hybridized carbons (Fsp3) is 0.143. The summed E-state index contributed by atoms with van der Waals surface area (Å²) >= 11 is 11.5. The van der Waals surface area contributed by atoms with Gasteiger partial charge in [0.25, 0.3) is 0 Å². The van der Waals surface area contributed by atoms with Crippen LogP contribution in [0.2, 0.25) is 10.0 Å². The third-order valence-corrected chi connectivity index (χ3v) is 2.08. The summed E-state index contributed by atoms with van der Waals surface area (Å²) < 4.78 is 0. The van der Waals surface area contributed by atoms with Crippen LogP contribution in [-0.4, -0.2) is 4.98 Å². The number of hydrogen-bond donors (Lipinski definition) is 1. The largest absolute Gasteiger partial charge is 0.318 e. The van der Waals surface area contributed by atoms with Crippen LogP contribution in [0.5, 0.6) is 0 Å². The molecule has 0 saturated heterocycles. The van der Waals surface area contributed by atoms with Crippen LogP contribution in [0.3, 0.4) is 0 Å². The van der Waals surface area contributed by atoms with Gasteiger partial charge in [-0.25, -0.2) is 0 Å². The lowest BCUT2D eigenvalue weighted by atomic mass is 10.3. The molecule has 5 heteroatoms. The van der Waals surface area contributed by atoms with Crippen molar-refractivity contribution in [2.75, 3.05) is 0 Å². The van der Waals surface area contributed by atoms with Crippen LogP contribution in [-0.2, 0) is 6.54 Å². The zero-order valence-corrected chi connectivity index (χ0v) is 7.52. The van der Waals surface area contributed by atoms with Gasteiger partial charge in [0.05, 0.1) is 22.3 Å². The second kappa shape index (κ2) is 4.15. The Hall–Kier alpha value is -0.980. The Balaban J connectivity index is 2.86. The molecule has 12 heavy (non-hydrogen) atoms. The second-order valence-electron chi connectivity index (χ2n) is 2.02. The highest BCUT2D eigenvalue weighted by Gasteiger charge is 2.04. The highest BCUT2D eigenvalue weighted by Crippen LogP contribution is 2.23. The summed E-state index contributed by atoms with van der Waals surface area (Å²) in [6, 6.07) is 1.60. The van der Waals surface area contributed by atoms with Gasteiger partial charge in [-0.15, -0.1) is 0 Å². The van der Waals surface area contributed by atoms with Crippen LogP contribution in [0.15, 0.2) is 12.3 Å². The van der Waals surface area contributed by atoms with E-state index in [-0.39, 0.29) is 0 Å². The summed E-state index contributed by atoms with van der Waals surface area (Å²) in [5, 5.41) is 11.5. The number of nitriles is 1. The fourth-order valence-corrected chi connectivity index (χ4v) is 1.05. The lowest BCUT2D eigenvalue weighted by Crippen LogP contribution is -2.06. The maximum Gasteiger partial charge on any atom is 0.176 e. The molecule has 1 N–H and O–H groups in total. The topological polar surface area (TPSA) is 48.7 Å². The molecule has 1 aromatic rings. The van der Waals surface area contributed by atoms with E-state index in [1.165, 1.54) is 0 Å². The number of nitrogens with zero attached hydrogens (tertiary/aromatic N) is 2. The van der Waals surface area contributed by atoms with Crippen molar-refractivity contribution in [3.63, 3.8) is 0 Å². The number of pyridine rings is 1. The first kappa shape index (κ1) is 9.11. The highest BCUT2D eigenvalue weighted by atomic mass is 35.5. The second-order valence-corrected chi connectivity index (χ2v) is 2.80. The highest BCUT2D eigenvalue weighted by molar-refractivity contribution is 6.42. The lowest BCUT2D eigenvalue weighted by Gasteiger charge is -2.01. The molecule has 0 saturated carbocycles. The standard InChI is InChI=1S/C7H5Cl2N3/c8-5-1-2-12-6(7(5)9)3-11-4-10/h1-2,11H,3H2. The van der Waals surface area contributed by atoms with Gasteiger partial charge in [0, 0.05) is 6.20 Å². The fourth-order valence-electron chi connectivity index (χ4n) is 0.707. The number of halogens is 2. The molecule has 1 rings (SSSR count). The van der Waals surface area contributed by atoms with Crippen LogP contribution in [0.4, 0.5) is 0 Å². The number of hydrogen-bond acceptors (Lipinski definition) is 3. The van der Waals surface area contributed by atoms with E-state index in [2.05, 4.69) is 10.3 Å². The van der Waals surface area contributed by atoms with Gasteiger partial charge in [0.1, 0.15) is 0 Å². The number of nitrogens with one attached hydrogen (secondary N) is 1. The SMILES string of the molecule is N#CNCc1nccc(Cl)c1Cl. The van der Waals surface area contributed by atoms with E-state index in [1.807, 2.05) is 0 Å². The molecule has 62 valence electrons. The van der Waals surface area contributed by atoms with Crippen LogP contribution in [0.1, 0.15) is 5.69 Å².